The monoisotopic (exact) mass is 832 g/mol. The van der Waals surface area contributed by atoms with Gasteiger partial charge in [0.1, 0.15) is 36.6 Å². The molecular formula is C43H78NO12P. The highest BCUT2D eigenvalue weighted by Crippen LogP contribution is 2.47. The molecule has 0 heterocycles. The topological polar surface area (TPSA) is 226 Å². The lowest BCUT2D eigenvalue weighted by molar-refractivity contribution is -0.220. The maximum absolute atomic E-state index is 12.9. The normalized spacial score (nSPS) is 24.5. The molecule has 0 bridgehead atoms. The lowest BCUT2D eigenvalue weighted by Crippen LogP contribution is -2.64. The summed E-state index contributed by atoms with van der Waals surface area (Å²) in [7, 11) is -5.15. The number of nitrogens with one attached hydrogen (secondary N) is 1. The van der Waals surface area contributed by atoms with E-state index in [0.29, 0.717) is 25.7 Å². The molecule has 1 amide bonds. The first-order valence-electron chi connectivity index (χ1n) is 21.7. The van der Waals surface area contributed by atoms with Gasteiger partial charge in [-0.25, -0.2) is 4.57 Å². The number of aliphatic hydroxyl groups is 7. The Morgan fingerprint density at radius 2 is 1.05 bits per heavy atom. The molecule has 14 heteroatoms. The van der Waals surface area contributed by atoms with E-state index in [1.165, 1.54) is 63.9 Å². The smallest absolute Gasteiger partial charge is 0.393 e. The fourth-order valence-electron chi connectivity index (χ4n) is 6.49. The molecule has 57 heavy (non-hydrogen) atoms. The van der Waals surface area contributed by atoms with Gasteiger partial charge in [0.2, 0.25) is 5.91 Å². The average molecular weight is 832 g/mol. The fourth-order valence-corrected chi connectivity index (χ4v) is 7.45. The van der Waals surface area contributed by atoms with Gasteiger partial charge < -0.3 is 46.0 Å². The molecule has 8 atom stereocenters. The van der Waals surface area contributed by atoms with E-state index in [2.05, 4.69) is 55.6 Å². The van der Waals surface area contributed by atoms with Crippen LogP contribution in [0.1, 0.15) is 155 Å². The fraction of sp³-hybridized carbons (Fsp3) is 0.791. The second-order valence-corrected chi connectivity index (χ2v) is 16.8. The van der Waals surface area contributed by atoms with Crippen molar-refractivity contribution in [3.05, 3.63) is 48.6 Å². The number of carbonyl (C=O) groups is 1. The molecular weight excluding hydrogens is 753 g/mol. The molecule has 1 rings (SSSR count). The molecule has 332 valence electrons. The number of unbranched alkanes of at least 4 members (excludes halogenated alkanes) is 15. The molecule has 8 unspecified atom stereocenters. The van der Waals surface area contributed by atoms with Gasteiger partial charge in [-0.3, -0.25) is 13.8 Å². The van der Waals surface area contributed by atoms with Gasteiger partial charge in [0.05, 0.1) is 31.3 Å². The first kappa shape index (κ1) is 53.3. The zero-order chi connectivity index (χ0) is 42.3. The highest BCUT2D eigenvalue weighted by Gasteiger charge is 2.51. The van der Waals surface area contributed by atoms with Gasteiger partial charge in [0.25, 0.3) is 0 Å². The van der Waals surface area contributed by atoms with E-state index in [1.807, 2.05) is 0 Å². The Bertz CT molecular complexity index is 1170. The van der Waals surface area contributed by atoms with Crippen LogP contribution in [0.3, 0.4) is 0 Å². The standard InChI is InChI=1S/C43H78NO12P/c1-3-5-7-9-11-13-14-15-16-17-18-19-20-21-22-23-25-27-29-31-36(46)35(44-37(47)32-34(45)30-28-26-24-12-10-8-6-4-2)33-55-57(53,54)56-43-41(51)39(49)38(48)40(50)42(43)52/h10,12,18-19,22-23,29,31,34-36,38-43,45-46,48-52H,3-9,11,13-17,20-21,24-28,30,32-33H2,1-2H3,(H,44,47)(H,53,54)/b12-10-,19-18+,23-22+,31-29+. The third-order valence-corrected chi connectivity index (χ3v) is 11.1. The maximum Gasteiger partial charge on any atom is 0.472 e. The van der Waals surface area contributed by atoms with Crippen molar-refractivity contribution in [3.8, 4) is 0 Å². The number of phosphoric acid groups is 1. The van der Waals surface area contributed by atoms with E-state index in [-0.39, 0.29) is 6.42 Å². The van der Waals surface area contributed by atoms with Crippen LogP contribution in [-0.4, -0.2) is 108 Å². The number of hydrogen-bond acceptors (Lipinski definition) is 11. The summed E-state index contributed by atoms with van der Waals surface area (Å²) in [5.41, 5.74) is 0. The van der Waals surface area contributed by atoms with Gasteiger partial charge >= 0.3 is 7.82 Å². The quantitative estimate of drug-likeness (QED) is 0.0196. The third kappa shape index (κ3) is 25.5. The second kappa shape index (κ2) is 33.0. The van der Waals surface area contributed by atoms with Crippen LogP contribution in [0.25, 0.3) is 0 Å². The molecule has 1 saturated carbocycles. The van der Waals surface area contributed by atoms with E-state index >= 15 is 0 Å². The number of phosphoric ester groups is 1. The van der Waals surface area contributed by atoms with Gasteiger partial charge in [-0.1, -0.05) is 133 Å². The minimum atomic E-state index is -5.15. The predicted molar refractivity (Wildman–Crippen MR) is 224 cm³/mol. The number of rotatable bonds is 34. The predicted octanol–water partition coefficient (Wildman–Crippen LogP) is 6.36. The van der Waals surface area contributed by atoms with Crippen molar-refractivity contribution in [2.75, 3.05) is 6.61 Å². The molecule has 0 radical (unpaired) electrons. The number of amides is 1. The lowest BCUT2D eigenvalue weighted by Gasteiger charge is -2.41. The van der Waals surface area contributed by atoms with Crippen LogP contribution >= 0.6 is 7.82 Å². The molecule has 0 aromatic rings. The first-order chi connectivity index (χ1) is 27.3. The van der Waals surface area contributed by atoms with Crippen molar-refractivity contribution < 1.29 is 59.0 Å². The van der Waals surface area contributed by atoms with Crippen LogP contribution in [0.15, 0.2) is 48.6 Å². The SMILES string of the molecule is CCCC/C=C\CCCCC(O)CC(=O)NC(COP(=O)(O)OC1C(O)C(O)C(O)C(O)C1O)C(O)/C=C/CC/C=C/CC/C=C/CCCCCCCCCCC. The largest absolute Gasteiger partial charge is 0.472 e. The molecule has 0 aromatic heterocycles. The summed E-state index contributed by atoms with van der Waals surface area (Å²) >= 11 is 0. The average Bonchev–Trinajstić information content (AvgIpc) is 3.18. The summed E-state index contributed by atoms with van der Waals surface area (Å²) in [5, 5.41) is 74.1. The van der Waals surface area contributed by atoms with Crippen molar-refractivity contribution in [2.24, 2.45) is 0 Å². The Morgan fingerprint density at radius 1 is 0.614 bits per heavy atom. The number of hydrogen-bond donors (Lipinski definition) is 9. The van der Waals surface area contributed by atoms with Crippen molar-refractivity contribution >= 4 is 13.7 Å². The molecule has 1 fully saturated rings. The number of carbonyl (C=O) groups excluding carboxylic acids is 1. The second-order valence-electron chi connectivity index (χ2n) is 15.4. The Hall–Kier alpha value is -1.74. The number of allylic oxidation sites excluding steroid dienone is 7. The minimum absolute atomic E-state index is 0.273. The molecule has 9 N–H and O–H groups in total. The van der Waals surface area contributed by atoms with Crippen molar-refractivity contribution in [2.45, 2.75) is 210 Å². The highest BCUT2D eigenvalue weighted by atomic mass is 31.2. The molecule has 0 saturated heterocycles. The van der Waals surface area contributed by atoms with E-state index in [9.17, 15) is 50.0 Å². The zero-order valence-corrected chi connectivity index (χ0v) is 35.6. The lowest BCUT2D eigenvalue weighted by atomic mass is 9.85. The zero-order valence-electron chi connectivity index (χ0n) is 34.7. The molecule has 1 aliphatic rings. The molecule has 1 aliphatic carbocycles. The molecule has 0 spiro atoms. The van der Waals surface area contributed by atoms with Crippen LogP contribution in [0, 0.1) is 0 Å². The van der Waals surface area contributed by atoms with Crippen LogP contribution in [0.4, 0.5) is 0 Å². The van der Waals surface area contributed by atoms with Crippen LogP contribution in [-0.2, 0) is 18.4 Å². The number of aliphatic hydroxyl groups excluding tert-OH is 7. The van der Waals surface area contributed by atoms with Crippen LogP contribution < -0.4 is 5.32 Å². The highest BCUT2D eigenvalue weighted by molar-refractivity contribution is 7.47. The summed E-state index contributed by atoms with van der Waals surface area (Å²) in [6.07, 6.45) is 23.8. The Balaban J connectivity index is 2.62. The summed E-state index contributed by atoms with van der Waals surface area (Å²) in [4.78, 5) is 23.3. The van der Waals surface area contributed by atoms with Gasteiger partial charge in [0.15, 0.2) is 0 Å². The van der Waals surface area contributed by atoms with Crippen LogP contribution in [0.5, 0.6) is 0 Å². The Morgan fingerprint density at radius 3 is 1.60 bits per heavy atom. The molecule has 0 aliphatic heterocycles. The van der Waals surface area contributed by atoms with E-state index in [0.717, 1.165) is 51.4 Å². The molecule has 13 nitrogen and oxygen atoms in total. The van der Waals surface area contributed by atoms with Crippen molar-refractivity contribution in [3.63, 3.8) is 0 Å². The first-order valence-corrected chi connectivity index (χ1v) is 23.2. The third-order valence-electron chi connectivity index (χ3n) is 10.1. The van der Waals surface area contributed by atoms with Gasteiger partial charge in [-0.2, -0.15) is 0 Å². The van der Waals surface area contributed by atoms with Gasteiger partial charge in [-0.05, 0) is 64.2 Å². The summed E-state index contributed by atoms with van der Waals surface area (Å²) in [6.45, 7) is 3.62. The summed E-state index contributed by atoms with van der Waals surface area (Å²) in [5.74, 6) is -0.625. The minimum Gasteiger partial charge on any atom is -0.393 e. The summed E-state index contributed by atoms with van der Waals surface area (Å²) in [6, 6.07) is -1.27. The van der Waals surface area contributed by atoms with Crippen molar-refractivity contribution in [1.29, 1.82) is 0 Å². The Kier molecular flexibility index (Phi) is 30.9. The van der Waals surface area contributed by atoms with Gasteiger partial charge in [-0.15, -0.1) is 0 Å². The van der Waals surface area contributed by atoms with E-state index in [4.69, 9.17) is 9.05 Å². The van der Waals surface area contributed by atoms with Gasteiger partial charge in [0, 0.05) is 0 Å². The summed E-state index contributed by atoms with van der Waals surface area (Å²) < 4.78 is 22.7. The van der Waals surface area contributed by atoms with E-state index < -0.39 is 75.2 Å². The molecule has 0 aromatic carbocycles. The van der Waals surface area contributed by atoms with Crippen molar-refractivity contribution in [1.82, 2.24) is 5.32 Å². The maximum atomic E-state index is 12.9. The van der Waals surface area contributed by atoms with E-state index in [1.54, 1.807) is 6.08 Å². The van der Waals surface area contributed by atoms with Crippen LogP contribution in [0.2, 0.25) is 0 Å². The Labute approximate surface area is 342 Å².